The number of hydrogen-bond donors (Lipinski definition) is 3. The Morgan fingerprint density at radius 2 is 1.29 bits per heavy atom. The Labute approximate surface area is 86.7 Å². The molecule has 4 nitrogen and oxygen atoms in total. The van der Waals surface area contributed by atoms with Gasteiger partial charge in [-0.25, -0.2) is 5.48 Å². The summed E-state index contributed by atoms with van der Waals surface area (Å²) >= 11 is 0. The largest absolute Gasteiger partial charge is 0.302 e. The average Bonchev–Trinajstić information content (AvgIpc) is 2.68. The zero-order valence-electron chi connectivity index (χ0n) is 8.98. The van der Waals surface area contributed by atoms with Crippen molar-refractivity contribution in [3.05, 3.63) is 0 Å². The van der Waals surface area contributed by atoms with Crippen LogP contribution in [-0.2, 0) is 4.84 Å². The van der Waals surface area contributed by atoms with Crippen molar-refractivity contribution in [2.24, 2.45) is 0 Å². The molecule has 0 spiro atoms. The van der Waals surface area contributed by atoms with Crippen molar-refractivity contribution in [3.8, 4) is 0 Å². The van der Waals surface area contributed by atoms with Crippen molar-refractivity contribution < 1.29 is 4.84 Å². The van der Waals surface area contributed by atoms with Crippen LogP contribution >= 0.6 is 0 Å². The highest BCUT2D eigenvalue weighted by atomic mass is 16.6. The third kappa shape index (κ3) is 7.26. The SMILES string of the molecule is C1CCNNCC1.C1CCNOCC1. The van der Waals surface area contributed by atoms with Gasteiger partial charge < -0.3 is 4.84 Å². The molecule has 2 aliphatic heterocycles. The lowest BCUT2D eigenvalue weighted by molar-refractivity contribution is 0.0525. The number of nitrogens with one attached hydrogen (secondary N) is 3. The minimum atomic E-state index is 0.889. The molecule has 2 rings (SSSR count). The molecule has 14 heavy (non-hydrogen) atoms. The van der Waals surface area contributed by atoms with Crippen molar-refractivity contribution in [3.63, 3.8) is 0 Å². The first-order valence-corrected chi connectivity index (χ1v) is 5.80. The van der Waals surface area contributed by atoms with Gasteiger partial charge in [-0.3, -0.25) is 10.9 Å². The molecule has 0 aromatic carbocycles. The van der Waals surface area contributed by atoms with Gasteiger partial charge in [-0.2, -0.15) is 0 Å². The highest BCUT2D eigenvalue weighted by Crippen LogP contribution is 1.96. The molecule has 0 unspecified atom stereocenters. The summed E-state index contributed by atoms with van der Waals surface area (Å²) in [4.78, 5) is 4.94. The molecule has 3 N–H and O–H groups in total. The van der Waals surface area contributed by atoms with Gasteiger partial charge in [0, 0.05) is 19.6 Å². The van der Waals surface area contributed by atoms with Crippen LogP contribution in [0.1, 0.15) is 38.5 Å². The van der Waals surface area contributed by atoms with Gasteiger partial charge in [-0.1, -0.05) is 6.42 Å². The van der Waals surface area contributed by atoms with Gasteiger partial charge in [-0.05, 0) is 32.1 Å². The minimum Gasteiger partial charge on any atom is -0.302 e. The van der Waals surface area contributed by atoms with E-state index in [-0.39, 0.29) is 0 Å². The zero-order chi connectivity index (χ0) is 9.90. The quantitative estimate of drug-likeness (QED) is 0.546. The number of hydrazine groups is 1. The first kappa shape index (κ1) is 11.9. The molecule has 0 saturated carbocycles. The molecular weight excluding hydrogens is 178 g/mol. The lowest BCUT2D eigenvalue weighted by Crippen LogP contribution is -2.30. The Morgan fingerprint density at radius 1 is 0.643 bits per heavy atom. The van der Waals surface area contributed by atoms with Gasteiger partial charge in [0.15, 0.2) is 0 Å². The normalized spacial score (nSPS) is 24.0. The summed E-state index contributed by atoms with van der Waals surface area (Å²) in [6, 6.07) is 0. The Balaban J connectivity index is 0.000000140. The van der Waals surface area contributed by atoms with E-state index < -0.39 is 0 Å². The smallest absolute Gasteiger partial charge is 0.0682 e. The summed E-state index contributed by atoms with van der Waals surface area (Å²) < 4.78 is 0. The fourth-order valence-corrected chi connectivity index (χ4v) is 1.47. The van der Waals surface area contributed by atoms with Gasteiger partial charge in [0.05, 0.1) is 6.61 Å². The van der Waals surface area contributed by atoms with E-state index in [0.29, 0.717) is 0 Å². The molecule has 0 aromatic rings. The van der Waals surface area contributed by atoms with Crippen LogP contribution in [0.5, 0.6) is 0 Å². The maximum Gasteiger partial charge on any atom is 0.0682 e. The van der Waals surface area contributed by atoms with Gasteiger partial charge in [0.25, 0.3) is 0 Å². The number of hydrogen-bond acceptors (Lipinski definition) is 4. The van der Waals surface area contributed by atoms with E-state index in [1.165, 1.54) is 38.5 Å². The second kappa shape index (κ2) is 9.40. The lowest BCUT2D eigenvalue weighted by Gasteiger charge is -1.95. The Morgan fingerprint density at radius 3 is 2.07 bits per heavy atom. The van der Waals surface area contributed by atoms with E-state index in [9.17, 15) is 0 Å². The van der Waals surface area contributed by atoms with E-state index in [4.69, 9.17) is 4.84 Å². The van der Waals surface area contributed by atoms with Crippen LogP contribution in [0.25, 0.3) is 0 Å². The summed E-state index contributed by atoms with van der Waals surface area (Å²) in [7, 11) is 0. The molecule has 0 bridgehead atoms. The standard InChI is InChI=1S/C5H12N2.C5H11NO/c2*1-2-4-6-7-5-3-1/h6-7H,1-5H2;6H,1-5H2. The molecule has 84 valence electrons. The van der Waals surface area contributed by atoms with Crippen molar-refractivity contribution in [1.82, 2.24) is 16.3 Å². The molecule has 2 heterocycles. The van der Waals surface area contributed by atoms with Crippen LogP contribution in [-0.4, -0.2) is 26.2 Å². The fourth-order valence-electron chi connectivity index (χ4n) is 1.47. The van der Waals surface area contributed by atoms with Gasteiger partial charge in [0.1, 0.15) is 0 Å². The average molecular weight is 201 g/mol. The Bertz CT molecular complexity index is 68.6. The molecule has 2 fully saturated rings. The number of rotatable bonds is 0. The fraction of sp³-hybridized carbons (Fsp3) is 1.00. The van der Waals surface area contributed by atoms with Crippen LogP contribution < -0.4 is 16.3 Å². The summed E-state index contributed by atoms with van der Waals surface area (Å²) in [5.41, 5.74) is 9.04. The maximum absolute atomic E-state index is 4.94. The molecule has 0 aromatic heterocycles. The summed E-state index contributed by atoms with van der Waals surface area (Å²) in [5, 5.41) is 0. The van der Waals surface area contributed by atoms with Gasteiger partial charge in [-0.15, -0.1) is 0 Å². The third-order valence-corrected chi connectivity index (χ3v) is 2.36. The molecule has 2 aliphatic rings. The highest BCUT2D eigenvalue weighted by Gasteiger charge is 1.94. The Kier molecular flexibility index (Phi) is 8.00. The second-order valence-corrected chi connectivity index (χ2v) is 3.72. The first-order chi connectivity index (χ1) is 7.00. The van der Waals surface area contributed by atoms with Gasteiger partial charge in [0.2, 0.25) is 0 Å². The van der Waals surface area contributed by atoms with Crippen LogP contribution in [0.4, 0.5) is 0 Å². The minimum absolute atomic E-state index is 0.889. The second-order valence-electron chi connectivity index (χ2n) is 3.72. The van der Waals surface area contributed by atoms with Crippen molar-refractivity contribution in [2.75, 3.05) is 26.2 Å². The zero-order valence-corrected chi connectivity index (χ0v) is 8.98. The van der Waals surface area contributed by atoms with Crippen LogP contribution in [0.15, 0.2) is 0 Å². The van der Waals surface area contributed by atoms with Crippen LogP contribution in [0.2, 0.25) is 0 Å². The van der Waals surface area contributed by atoms with Crippen molar-refractivity contribution in [1.29, 1.82) is 0 Å². The maximum atomic E-state index is 4.94. The van der Waals surface area contributed by atoms with E-state index in [2.05, 4.69) is 16.3 Å². The van der Waals surface area contributed by atoms with Gasteiger partial charge >= 0.3 is 0 Å². The van der Waals surface area contributed by atoms with E-state index in [1.54, 1.807) is 0 Å². The summed E-state index contributed by atoms with van der Waals surface area (Å²) in [6.45, 7) is 4.19. The monoisotopic (exact) mass is 201 g/mol. The van der Waals surface area contributed by atoms with Crippen molar-refractivity contribution in [2.45, 2.75) is 38.5 Å². The predicted molar refractivity (Wildman–Crippen MR) is 57.7 cm³/mol. The van der Waals surface area contributed by atoms with E-state index in [1.807, 2.05) is 0 Å². The summed E-state index contributed by atoms with van der Waals surface area (Å²) in [6.07, 6.45) is 7.82. The first-order valence-electron chi connectivity index (χ1n) is 5.80. The third-order valence-electron chi connectivity index (χ3n) is 2.36. The summed E-state index contributed by atoms with van der Waals surface area (Å²) in [5.74, 6) is 0. The molecule has 0 atom stereocenters. The van der Waals surface area contributed by atoms with Crippen LogP contribution in [0, 0.1) is 0 Å². The van der Waals surface area contributed by atoms with E-state index >= 15 is 0 Å². The van der Waals surface area contributed by atoms with Crippen molar-refractivity contribution >= 4 is 0 Å². The Hall–Kier alpha value is -0.160. The molecule has 0 aliphatic carbocycles. The predicted octanol–water partition coefficient (Wildman–Crippen LogP) is 0.956. The van der Waals surface area contributed by atoms with Crippen LogP contribution in [0.3, 0.4) is 0 Å². The molecule has 0 radical (unpaired) electrons. The lowest BCUT2D eigenvalue weighted by atomic mass is 10.2. The highest BCUT2D eigenvalue weighted by molar-refractivity contribution is 4.51. The number of hydroxylamine groups is 1. The molecule has 0 amide bonds. The molecule has 4 heteroatoms. The molecular formula is C10H23N3O. The molecule has 2 saturated heterocycles. The van der Waals surface area contributed by atoms with E-state index in [0.717, 1.165) is 26.2 Å². The topological polar surface area (TPSA) is 45.3 Å².